The summed E-state index contributed by atoms with van der Waals surface area (Å²) < 4.78 is 0. The van der Waals surface area contributed by atoms with Crippen molar-refractivity contribution >= 4 is 17.3 Å². The Bertz CT molecular complexity index is 517. The Labute approximate surface area is 125 Å². The summed E-state index contributed by atoms with van der Waals surface area (Å²) in [4.78, 5) is 17.1. The smallest absolute Gasteiger partial charge is 0.255 e. The number of piperidine rings is 1. The molecule has 2 heterocycles. The zero-order chi connectivity index (χ0) is 14.8. The number of nitrogens with zero attached hydrogens (tertiary/aromatic N) is 2. The minimum Gasteiger partial charge on any atom is -0.399 e. The first kappa shape index (κ1) is 14.2. The van der Waals surface area contributed by atoms with Gasteiger partial charge >= 0.3 is 0 Å². The van der Waals surface area contributed by atoms with Crippen LogP contribution in [0.1, 0.15) is 36.0 Å². The molecule has 0 saturated carbocycles. The van der Waals surface area contributed by atoms with Crippen molar-refractivity contribution in [2.75, 3.05) is 37.6 Å². The first-order valence-corrected chi connectivity index (χ1v) is 7.83. The van der Waals surface area contributed by atoms with E-state index < -0.39 is 0 Å². The Hall–Kier alpha value is -1.75. The minimum absolute atomic E-state index is 0.0346. The van der Waals surface area contributed by atoms with E-state index in [1.807, 2.05) is 4.90 Å². The molecule has 0 aliphatic carbocycles. The largest absolute Gasteiger partial charge is 0.399 e. The molecule has 2 saturated heterocycles. The standard InChI is InChI=1S/C16H24N4O/c17-12-3-4-14(15(18)11-12)16(21)20-9-5-13(6-10-20)19-7-1-2-8-19/h3-4,11,13H,1-2,5-10,17-18H2. The fourth-order valence-corrected chi connectivity index (χ4v) is 3.49. The van der Waals surface area contributed by atoms with Gasteiger partial charge in [-0.2, -0.15) is 0 Å². The molecule has 0 bridgehead atoms. The lowest BCUT2D eigenvalue weighted by Gasteiger charge is -2.36. The zero-order valence-corrected chi connectivity index (χ0v) is 12.4. The fourth-order valence-electron chi connectivity index (χ4n) is 3.49. The van der Waals surface area contributed by atoms with Crippen molar-refractivity contribution in [1.82, 2.24) is 9.80 Å². The second-order valence-corrected chi connectivity index (χ2v) is 6.11. The van der Waals surface area contributed by atoms with Gasteiger partial charge < -0.3 is 21.3 Å². The molecule has 21 heavy (non-hydrogen) atoms. The van der Waals surface area contributed by atoms with Gasteiger partial charge in [-0.25, -0.2) is 0 Å². The highest BCUT2D eigenvalue weighted by molar-refractivity contribution is 5.99. The number of nitrogen functional groups attached to an aromatic ring is 2. The summed E-state index contributed by atoms with van der Waals surface area (Å²) in [6.07, 6.45) is 4.78. The van der Waals surface area contributed by atoms with Crippen LogP contribution in [0.4, 0.5) is 11.4 Å². The van der Waals surface area contributed by atoms with Crippen LogP contribution >= 0.6 is 0 Å². The van der Waals surface area contributed by atoms with E-state index in [2.05, 4.69) is 4.90 Å². The molecular weight excluding hydrogens is 264 g/mol. The average Bonchev–Trinajstić information content (AvgIpc) is 3.01. The summed E-state index contributed by atoms with van der Waals surface area (Å²) in [5.74, 6) is 0.0346. The number of anilines is 2. The highest BCUT2D eigenvalue weighted by Crippen LogP contribution is 2.24. The molecule has 1 aromatic carbocycles. The van der Waals surface area contributed by atoms with Crippen LogP contribution < -0.4 is 11.5 Å². The molecule has 4 N–H and O–H groups in total. The van der Waals surface area contributed by atoms with E-state index in [1.54, 1.807) is 18.2 Å². The van der Waals surface area contributed by atoms with Crippen LogP contribution in [0.5, 0.6) is 0 Å². The first-order valence-electron chi connectivity index (χ1n) is 7.83. The first-order chi connectivity index (χ1) is 10.1. The predicted octanol–water partition coefficient (Wildman–Crippen LogP) is 1.55. The van der Waals surface area contributed by atoms with Crippen LogP contribution in [0.2, 0.25) is 0 Å². The number of hydrogen-bond acceptors (Lipinski definition) is 4. The van der Waals surface area contributed by atoms with Gasteiger partial charge in [-0.1, -0.05) is 0 Å². The van der Waals surface area contributed by atoms with E-state index in [0.29, 0.717) is 23.0 Å². The van der Waals surface area contributed by atoms with Crippen LogP contribution in [-0.4, -0.2) is 47.9 Å². The normalized spacial score (nSPS) is 20.9. The van der Waals surface area contributed by atoms with Crippen molar-refractivity contribution < 1.29 is 4.79 Å². The molecule has 2 fully saturated rings. The third-order valence-electron chi connectivity index (χ3n) is 4.71. The number of hydrogen-bond donors (Lipinski definition) is 2. The second-order valence-electron chi connectivity index (χ2n) is 6.11. The summed E-state index contributed by atoms with van der Waals surface area (Å²) in [6.45, 7) is 4.10. The molecule has 114 valence electrons. The number of amides is 1. The summed E-state index contributed by atoms with van der Waals surface area (Å²) >= 11 is 0. The second kappa shape index (κ2) is 5.93. The Morgan fingerprint density at radius 3 is 2.33 bits per heavy atom. The van der Waals surface area contributed by atoms with Crippen molar-refractivity contribution in [2.24, 2.45) is 0 Å². The Morgan fingerprint density at radius 2 is 1.71 bits per heavy atom. The summed E-state index contributed by atoms with van der Waals surface area (Å²) in [6, 6.07) is 5.78. The Balaban J connectivity index is 1.62. The van der Waals surface area contributed by atoms with Gasteiger partial charge in [0.1, 0.15) is 0 Å². The van der Waals surface area contributed by atoms with E-state index in [1.165, 1.54) is 25.9 Å². The highest BCUT2D eigenvalue weighted by atomic mass is 16.2. The molecule has 2 aliphatic rings. The van der Waals surface area contributed by atoms with Crippen molar-refractivity contribution in [2.45, 2.75) is 31.7 Å². The Morgan fingerprint density at radius 1 is 1.05 bits per heavy atom. The van der Waals surface area contributed by atoms with Gasteiger partial charge in [0.2, 0.25) is 0 Å². The average molecular weight is 288 g/mol. The summed E-state index contributed by atoms with van der Waals surface area (Å²) in [5, 5.41) is 0. The number of carbonyl (C=O) groups is 1. The highest BCUT2D eigenvalue weighted by Gasteiger charge is 2.29. The molecule has 1 amide bonds. The Kier molecular flexibility index (Phi) is 4.01. The van der Waals surface area contributed by atoms with Crippen molar-refractivity contribution in [1.29, 1.82) is 0 Å². The fraction of sp³-hybridized carbons (Fsp3) is 0.562. The number of likely N-dealkylation sites (tertiary alicyclic amines) is 2. The van der Waals surface area contributed by atoms with Crippen molar-refractivity contribution in [3.8, 4) is 0 Å². The number of carbonyl (C=O) groups excluding carboxylic acids is 1. The van der Waals surface area contributed by atoms with Gasteiger partial charge in [-0.05, 0) is 57.0 Å². The monoisotopic (exact) mass is 288 g/mol. The quantitative estimate of drug-likeness (QED) is 0.810. The topological polar surface area (TPSA) is 75.6 Å². The maximum absolute atomic E-state index is 12.6. The summed E-state index contributed by atoms with van der Waals surface area (Å²) in [7, 11) is 0. The van der Waals surface area contributed by atoms with Gasteiger partial charge in [-0.15, -0.1) is 0 Å². The maximum atomic E-state index is 12.6. The van der Waals surface area contributed by atoms with Crippen LogP contribution in [0.25, 0.3) is 0 Å². The van der Waals surface area contributed by atoms with Crippen LogP contribution in [0, 0.1) is 0 Å². The molecule has 0 spiro atoms. The molecule has 0 aromatic heterocycles. The number of nitrogens with two attached hydrogens (primary N) is 2. The lowest BCUT2D eigenvalue weighted by Crippen LogP contribution is -2.46. The lowest BCUT2D eigenvalue weighted by molar-refractivity contribution is 0.0645. The SMILES string of the molecule is Nc1ccc(C(=O)N2CCC(N3CCCC3)CC2)c(N)c1. The molecule has 0 unspecified atom stereocenters. The van der Waals surface area contributed by atoms with E-state index in [0.717, 1.165) is 25.9 Å². The minimum atomic E-state index is 0.0346. The zero-order valence-electron chi connectivity index (χ0n) is 12.4. The van der Waals surface area contributed by atoms with E-state index in [-0.39, 0.29) is 5.91 Å². The molecule has 1 aromatic rings. The molecule has 5 nitrogen and oxygen atoms in total. The van der Waals surface area contributed by atoms with Crippen LogP contribution in [-0.2, 0) is 0 Å². The van der Waals surface area contributed by atoms with Gasteiger partial charge in [0.15, 0.2) is 0 Å². The van der Waals surface area contributed by atoms with Gasteiger partial charge in [0.25, 0.3) is 5.91 Å². The van der Waals surface area contributed by atoms with Gasteiger partial charge in [-0.3, -0.25) is 4.79 Å². The third-order valence-corrected chi connectivity index (χ3v) is 4.71. The van der Waals surface area contributed by atoms with Crippen molar-refractivity contribution in [3.63, 3.8) is 0 Å². The van der Waals surface area contributed by atoms with Crippen LogP contribution in [0.15, 0.2) is 18.2 Å². The van der Waals surface area contributed by atoms with E-state index >= 15 is 0 Å². The molecule has 5 heteroatoms. The lowest BCUT2D eigenvalue weighted by atomic mass is 10.0. The maximum Gasteiger partial charge on any atom is 0.255 e. The van der Waals surface area contributed by atoms with Crippen molar-refractivity contribution in [3.05, 3.63) is 23.8 Å². The van der Waals surface area contributed by atoms with Gasteiger partial charge in [0, 0.05) is 30.5 Å². The molecule has 2 aliphatic heterocycles. The molecule has 3 rings (SSSR count). The number of rotatable bonds is 2. The molecule has 0 atom stereocenters. The van der Waals surface area contributed by atoms with E-state index in [9.17, 15) is 4.79 Å². The third kappa shape index (κ3) is 2.97. The van der Waals surface area contributed by atoms with E-state index in [4.69, 9.17) is 11.5 Å². The van der Waals surface area contributed by atoms with Gasteiger partial charge in [0.05, 0.1) is 5.56 Å². The molecular formula is C16H24N4O. The predicted molar refractivity (Wildman–Crippen MR) is 85.0 cm³/mol. The summed E-state index contributed by atoms with van der Waals surface area (Å²) in [5.41, 5.74) is 13.2. The molecule has 0 radical (unpaired) electrons. The van der Waals surface area contributed by atoms with Crippen LogP contribution in [0.3, 0.4) is 0 Å². The number of benzene rings is 1.